The third-order valence-corrected chi connectivity index (χ3v) is 5.76. The molecule has 28 heavy (non-hydrogen) atoms. The fourth-order valence-corrected chi connectivity index (χ4v) is 4.16. The Morgan fingerprint density at radius 3 is 2.71 bits per heavy atom. The lowest BCUT2D eigenvalue weighted by atomic mass is 9.99. The van der Waals surface area contributed by atoms with E-state index in [1.165, 1.54) is 43.5 Å². The van der Waals surface area contributed by atoms with Gasteiger partial charge in [0.25, 0.3) is 5.91 Å². The molecule has 0 saturated carbocycles. The maximum atomic E-state index is 12.6. The Kier molecular flexibility index (Phi) is 6.01. The zero-order chi connectivity index (χ0) is 19.3. The molecule has 5 heteroatoms. The Balaban J connectivity index is 1.28. The monoisotopic (exact) mass is 382 g/mol. The van der Waals surface area contributed by atoms with Gasteiger partial charge in [0, 0.05) is 19.6 Å². The Bertz CT molecular complexity index is 808. The van der Waals surface area contributed by atoms with E-state index >= 15 is 0 Å². The summed E-state index contributed by atoms with van der Waals surface area (Å²) in [6.07, 6.45) is 5.98. The first-order chi connectivity index (χ1) is 13.7. The number of rotatable bonds is 6. The summed E-state index contributed by atoms with van der Waals surface area (Å²) < 4.78 is 11.5. The second-order valence-corrected chi connectivity index (χ2v) is 7.92. The van der Waals surface area contributed by atoms with Crippen molar-refractivity contribution in [1.82, 2.24) is 9.80 Å². The van der Waals surface area contributed by atoms with Crippen LogP contribution in [0.3, 0.4) is 0 Å². The number of aryl methyl sites for hydroxylation is 1. The molecule has 150 valence electrons. The molecule has 1 amide bonds. The second kappa shape index (κ2) is 8.82. The maximum Gasteiger partial charge on any atom is 0.289 e. The lowest BCUT2D eigenvalue weighted by Crippen LogP contribution is -2.35. The van der Waals surface area contributed by atoms with Crippen molar-refractivity contribution >= 4 is 5.91 Å². The van der Waals surface area contributed by atoms with Crippen molar-refractivity contribution in [2.45, 2.75) is 45.6 Å². The fourth-order valence-electron chi connectivity index (χ4n) is 4.16. The molecule has 0 atom stereocenters. The third-order valence-electron chi connectivity index (χ3n) is 5.76. The molecular weight excluding hydrogens is 352 g/mol. The van der Waals surface area contributed by atoms with E-state index in [-0.39, 0.29) is 5.91 Å². The number of piperidine rings is 1. The van der Waals surface area contributed by atoms with Crippen LogP contribution in [0, 0.1) is 6.92 Å². The number of benzene rings is 1. The molecule has 0 aliphatic carbocycles. The topological polar surface area (TPSA) is 45.9 Å². The first-order valence-corrected chi connectivity index (χ1v) is 10.5. The molecule has 2 aromatic rings. The fraction of sp³-hybridized carbons (Fsp3) is 0.522. The van der Waals surface area contributed by atoms with E-state index in [0.29, 0.717) is 18.8 Å². The molecule has 0 unspecified atom stereocenters. The number of likely N-dealkylation sites (tertiary alicyclic amines) is 1. The molecule has 0 bridgehead atoms. The van der Waals surface area contributed by atoms with Crippen molar-refractivity contribution in [2.75, 3.05) is 32.8 Å². The Labute approximate surface area is 167 Å². The highest BCUT2D eigenvalue weighted by Gasteiger charge is 2.24. The smallest absolute Gasteiger partial charge is 0.289 e. The molecule has 1 fully saturated rings. The highest BCUT2D eigenvalue weighted by molar-refractivity contribution is 5.91. The lowest BCUT2D eigenvalue weighted by Gasteiger charge is -2.28. The summed E-state index contributed by atoms with van der Waals surface area (Å²) in [6.45, 7) is 7.58. The summed E-state index contributed by atoms with van der Waals surface area (Å²) in [5.41, 5.74) is 2.48. The highest BCUT2D eigenvalue weighted by atomic mass is 16.5. The predicted molar refractivity (Wildman–Crippen MR) is 109 cm³/mol. The summed E-state index contributed by atoms with van der Waals surface area (Å²) in [4.78, 5) is 17.0. The molecule has 5 nitrogen and oxygen atoms in total. The van der Waals surface area contributed by atoms with E-state index in [1.54, 1.807) is 6.07 Å². The van der Waals surface area contributed by atoms with Crippen LogP contribution in [0.15, 0.2) is 34.7 Å². The van der Waals surface area contributed by atoms with Crippen LogP contribution in [0.25, 0.3) is 0 Å². The minimum absolute atomic E-state index is 0.0308. The lowest BCUT2D eigenvalue weighted by molar-refractivity contribution is 0.0701. The van der Waals surface area contributed by atoms with Crippen LogP contribution < -0.4 is 4.74 Å². The first-order valence-electron chi connectivity index (χ1n) is 10.5. The van der Waals surface area contributed by atoms with Gasteiger partial charge in [-0.15, -0.1) is 0 Å². The van der Waals surface area contributed by atoms with Gasteiger partial charge in [0.15, 0.2) is 5.76 Å². The highest BCUT2D eigenvalue weighted by Crippen LogP contribution is 2.25. The number of nitrogens with zero attached hydrogens (tertiary/aromatic N) is 2. The number of amides is 1. The van der Waals surface area contributed by atoms with Gasteiger partial charge in [-0.25, -0.2) is 0 Å². The zero-order valence-corrected chi connectivity index (χ0v) is 16.8. The van der Waals surface area contributed by atoms with Crippen LogP contribution in [0.5, 0.6) is 5.75 Å². The summed E-state index contributed by atoms with van der Waals surface area (Å²) in [5.74, 6) is 2.10. The van der Waals surface area contributed by atoms with Gasteiger partial charge in [0.05, 0.1) is 6.61 Å². The summed E-state index contributed by atoms with van der Waals surface area (Å²) >= 11 is 0. The number of fused-ring (bicyclic) bond motifs is 1. The Morgan fingerprint density at radius 1 is 1.07 bits per heavy atom. The van der Waals surface area contributed by atoms with Crippen LogP contribution >= 0.6 is 0 Å². The van der Waals surface area contributed by atoms with E-state index in [4.69, 9.17) is 9.15 Å². The standard InChI is InChI=1S/C23H30N2O3/c1-18-6-9-22(28-18)23(26)25-14-10-19-16-21(8-7-20(19)17-25)27-15-5-13-24-11-3-2-4-12-24/h6-9,16H,2-5,10-15,17H2,1H3. The van der Waals surface area contributed by atoms with Crippen LogP contribution in [0.4, 0.5) is 0 Å². The van der Waals surface area contributed by atoms with Crippen LogP contribution in [0.1, 0.15) is 53.1 Å². The number of hydrogen-bond donors (Lipinski definition) is 0. The van der Waals surface area contributed by atoms with Crippen molar-refractivity contribution < 1.29 is 13.9 Å². The molecule has 0 spiro atoms. The Morgan fingerprint density at radius 2 is 1.93 bits per heavy atom. The number of furan rings is 1. The van der Waals surface area contributed by atoms with Crippen molar-refractivity contribution in [3.8, 4) is 5.75 Å². The zero-order valence-electron chi connectivity index (χ0n) is 16.8. The minimum Gasteiger partial charge on any atom is -0.494 e. The average Bonchev–Trinajstić information content (AvgIpc) is 3.17. The molecule has 1 aromatic heterocycles. The van der Waals surface area contributed by atoms with Gasteiger partial charge in [-0.05, 0) is 81.1 Å². The number of carbonyl (C=O) groups is 1. The molecular formula is C23H30N2O3. The van der Waals surface area contributed by atoms with E-state index in [0.717, 1.165) is 37.5 Å². The predicted octanol–water partition coefficient (Wildman–Crippen LogP) is 4.04. The van der Waals surface area contributed by atoms with Crippen molar-refractivity contribution in [3.05, 3.63) is 53.0 Å². The van der Waals surface area contributed by atoms with Gasteiger partial charge in [-0.3, -0.25) is 4.79 Å². The van der Waals surface area contributed by atoms with Crippen LogP contribution in [0.2, 0.25) is 0 Å². The summed E-state index contributed by atoms with van der Waals surface area (Å²) in [5, 5.41) is 0. The van der Waals surface area contributed by atoms with Gasteiger partial charge in [-0.1, -0.05) is 12.5 Å². The molecule has 1 aromatic carbocycles. The summed E-state index contributed by atoms with van der Waals surface area (Å²) in [6, 6.07) is 9.87. The number of hydrogen-bond acceptors (Lipinski definition) is 4. The van der Waals surface area contributed by atoms with Crippen molar-refractivity contribution in [1.29, 1.82) is 0 Å². The van der Waals surface area contributed by atoms with E-state index in [1.807, 2.05) is 24.0 Å². The Hall–Kier alpha value is -2.27. The molecule has 4 rings (SSSR count). The van der Waals surface area contributed by atoms with Crippen molar-refractivity contribution in [3.63, 3.8) is 0 Å². The molecule has 2 aliphatic heterocycles. The van der Waals surface area contributed by atoms with Crippen molar-refractivity contribution in [2.24, 2.45) is 0 Å². The second-order valence-electron chi connectivity index (χ2n) is 7.92. The van der Waals surface area contributed by atoms with Gasteiger partial charge < -0.3 is 19.0 Å². The van der Waals surface area contributed by atoms with Gasteiger partial charge in [-0.2, -0.15) is 0 Å². The minimum atomic E-state index is -0.0308. The quantitative estimate of drug-likeness (QED) is 0.708. The van der Waals surface area contributed by atoms with E-state index < -0.39 is 0 Å². The molecule has 0 radical (unpaired) electrons. The third kappa shape index (κ3) is 4.58. The summed E-state index contributed by atoms with van der Waals surface area (Å²) in [7, 11) is 0. The molecule has 1 saturated heterocycles. The van der Waals surface area contributed by atoms with E-state index in [9.17, 15) is 4.79 Å². The van der Waals surface area contributed by atoms with E-state index in [2.05, 4.69) is 17.0 Å². The number of ether oxygens (including phenoxy) is 1. The van der Waals surface area contributed by atoms with Gasteiger partial charge >= 0.3 is 0 Å². The maximum absolute atomic E-state index is 12.6. The van der Waals surface area contributed by atoms with Gasteiger partial charge in [0.1, 0.15) is 11.5 Å². The first kappa shape index (κ1) is 19.1. The number of carbonyl (C=O) groups excluding carboxylic acids is 1. The molecule has 3 heterocycles. The SMILES string of the molecule is Cc1ccc(C(=O)N2CCc3cc(OCCCN4CCCCC4)ccc3C2)o1. The van der Waals surface area contributed by atoms with Gasteiger partial charge in [0.2, 0.25) is 0 Å². The normalized spacial score (nSPS) is 17.4. The molecule has 0 N–H and O–H groups in total. The molecule has 2 aliphatic rings. The van der Waals surface area contributed by atoms with Crippen LogP contribution in [-0.4, -0.2) is 48.5 Å². The largest absolute Gasteiger partial charge is 0.494 e. The average molecular weight is 383 g/mol. The van der Waals surface area contributed by atoms with Crippen LogP contribution in [-0.2, 0) is 13.0 Å².